The first-order chi connectivity index (χ1) is 14.4. The molecular formula is C21H21BrN6O2. The molecule has 1 N–H and O–H groups in total. The molecule has 1 amide bonds. The number of aryl methyl sites for hydroxylation is 2. The quantitative estimate of drug-likeness (QED) is 0.459. The molecule has 0 aliphatic carbocycles. The Morgan fingerprint density at radius 1 is 1.13 bits per heavy atom. The minimum absolute atomic E-state index is 0.195. The SMILES string of the molecule is Cc1cccc(Cn2cnc(NC(=O)c3ccc(Cn4nc(C)c(Br)c4C)o3)n2)c1. The van der Waals surface area contributed by atoms with Crippen molar-refractivity contribution in [2.24, 2.45) is 0 Å². The number of nitrogens with one attached hydrogen (secondary N) is 1. The van der Waals surface area contributed by atoms with E-state index in [9.17, 15) is 4.79 Å². The predicted octanol–water partition coefficient (Wildman–Crippen LogP) is 4.10. The fraction of sp³-hybridized carbons (Fsp3) is 0.238. The van der Waals surface area contributed by atoms with Crippen molar-refractivity contribution in [2.75, 3.05) is 5.32 Å². The van der Waals surface area contributed by atoms with Crippen LogP contribution >= 0.6 is 15.9 Å². The van der Waals surface area contributed by atoms with Gasteiger partial charge in [-0.05, 0) is 54.4 Å². The summed E-state index contributed by atoms with van der Waals surface area (Å²) in [4.78, 5) is 16.7. The molecule has 0 saturated heterocycles. The zero-order valence-electron chi connectivity index (χ0n) is 16.9. The number of nitrogens with zero attached hydrogens (tertiary/aromatic N) is 5. The highest BCUT2D eigenvalue weighted by atomic mass is 79.9. The fourth-order valence-corrected chi connectivity index (χ4v) is 3.43. The summed E-state index contributed by atoms with van der Waals surface area (Å²) in [6.45, 7) is 6.96. The zero-order valence-corrected chi connectivity index (χ0v) is 18.5. The van der Waals surface area contributed by atoms with Gasteiger partial charge >= 0.3 is 0 Å². The maximum Gasteiger partial charge on any atom is 0.293 e. The summed E-state index contributed by atoms with van der Waals surface area (Å²) in [5.41, 5.74) is 4.20. The number of benzene rings is 1. The molecule has 4 aromatic rings. The van der Waals surface area contributed by atoms with Crippen LogP contribution in [-0.2, 0) is 13.1 Å². The second-order valence-electron chi connectivity index (χ2n) is 7.12. The van der Waals surface area contributed by atoms with E-state index in [0.717, 1.165) is 21.4 Å². The number of hydrogen-bond acceptors (Lipinski definition) is 5. The molecule has 154 valence electrons. The molecule has 0 radical (unpaired) electrons. The molecule has 4 rings (SSSR count). The largest absolute Gasteiger partial charge is 0.454 e. The van der Waals surface area contributed by atoms with Crippen LogP contribution < -0.4 is 5.32 Å². The highest BCUT2D eigenvalue weighted by molar-refractivity contribution is 9.10. The van der Waals surface area contributed by atoms with Gasteiger partial charge in [0.05, 0.1) is 29.0 Å². The molecule has 9 heteroatoms. The third-order valence-electron chi connectivity index (χ3n) is 4.67. The van der Waals surface area contributed by atoms with Crippen LogP contribution in [0.5, 0.6) is 0 Å². The van der Waals surface area contributed by atoms with Crippen LogP contribution in [-0.4, -0.2) is 30.5 Å². The molecule has 1 aromatic carbocycles. The first-order valence-electron chi connectivity index (χ1n) is 9.43. The lowest BCUT2D eigenvalue weighted by Crippen LogP contribution is -2.13. The number of carbonyl (C=O) groups excluding carboxylic acids is 1. The van der Waals surface area contributed by atoms with Crippen molar-refractivity contribution in [3.8, 4) is 0 Å². The Kier molecular flexibility index (Phi) is 5.54. The van der Waals surface area contributed by atoms with Gasteiger partial charge in [-0.25, -0.2) is 9.67 Å². The Labute approximate surface area is 182 Å². The lowest BCUT2D eigenvalue weighted by atomic mass is 10.1. The minimum Gasteiger partial charge on any atom is -0.454 e. The number of carbonyl (C=O) groups is 1. The summed E-state index contributed by atoms with van der Waals surface area (Å²) in [5, 5.41) is 11.4. The highest BCUT2D eigenvalue weighted by Crippen LogP contribution is 2.21. The third kappa shape index (κ3) is 4.35. The predicted molar refractivity (Wildman–Crippen MR) is 115 cm³/mol. The van der Waals surface area contributed by atoms with Crippen LogP contribution in [0.15, 0.2) is 51.6 Å². The minimum atomic E-state index is -0.399. The van der Waals surface area contributed by atoms with Gasteiger partial charge in [0, 0.05) is 0 Å². The van der Waals surface area contributed by atoms with Crippen LogP contribution in [0.2, 0.25) is 0 Å². The Bertz CT molecular complexity index is 1210. The first kappa shape index (κ1) is 20.1. The van der Waals surface area contributed by atoms with Gasteiger partial charge in [-0.15, -0.1) is 5.10 Å². The summed E-state index contributed by atoms with van der Waals surface area (Å²) in [6, 6.07) is 11.6. The molecule has 0 unspecified atom stereocenters. The molecule has 0 spiro atoms. The molecule has 3 heterocycles. The Morgan fingerprint density at radius 3 is 2.70 bits per heavy atom. The second kappa shape index (κ2) is 8.27. The number of furan rings is 1. The number of halogens is 1. The summed E-state index contributed by atoms with van der Waals surface area (Å²) >= 11 is 3.51. The van der Waals surface area contributed by atoms with Crippen molar-refractivity contribution in [3.63, 3.8) is 0 Å². The zero-order chi connectivity index (χ0) is 21.3. The lowest BCUT2D eigenvalue weighted by Gasteiger charge is -2.02. The van der Waals surface area contributed by atoms with E-state index in [2.05, 4.69) is 42.5 Å². The number of hydrogen-bond donors (Lipinski definition) is 1. The topological polar surface area (TPSA) is 90.8 Å². The lowest BCUT2D eigenvalue weighted by molar-refractivity contribution is 0.0993. The fourth-order valence-electron chi connectivity index (χ4n) is 3.15. The molecule has 0 aliphatic rings. The van der Waals surface area contributed by atoms with Crippen molar-refractivity contribution in [1.29, 1.82) is 0 Å². The second-order valence-corrected chi connectivity index (χ2v) is 7.91. The van der Waals surface area contributed by atoms with Crippen LogP contribution in [0.3, 0.4) is 0 Å². The monoisotopic (exact) mass is 468 g/mol. The van der Waals surface area contributed by atoms with Gasteiger partial charge in [-0.1, -0.05) is 29.8 Å². The van der Waals surface area contributed by atoms with Crippen LogP contribution in [0.4, 0.5) is 5.95 Å². The van der Waals surface area contributed by atoms with E-state index in [1.807, 2.05) is 43.7 Å². The number of anilines is 1. The molecule has 30 heavy (non-hydrogen) atoms. The van der Waals surface area contributed by atoms with Crippen molar-refractivity contribution >= 4 is 27.8 Å². The smallest absolute Gasteiger partial charge is 0.293 e. The van der Waals surface area contributed by atoms with Gasteiger partial charge in [0.2, 0.25) is 5.95 Å². The molecule has 0 fully saturated rings. The molecule has 0 bridgehead atoms. The normalized spacial score (nSPS) is 11.1. The van der Waals surface area contributed by atoms with Crippen molar-refractivity contribution < 1.29 is 9.21 Å². The van der Waals surface area contributed by atoms with E-state index in [4.69, 9.17) is 4.42 Å². The molecule has 0 saturated carbocycles. The number of amides is 1. The van der Waals surface area contributed by atoms with Crippen molar-refractivity contribution in [2.45, 2.75) is 33.9 Å². The average Bonchev–Trinajstić information content (AvgIpc) is 3.40. The Hall–Kier alpha value is -3.20. The van der Waals surface area contributed by atoms with Crippen molar-refractivity contribution in [1.82, 2.24) is 24.5 Å². The van der Waals surface area contributed by atoms with Crippen LogP contribution in [0.1, 0.15) is 38.8 Å². The van der Waals surface area contributed by atoms with E-state index in [-0.39, 0.29) is 11.7 Å². The highest BCUT2D eigenvalue weighted by Gasteiger charge is 2.16. The van der Waals surface area contributed by atoms with Gasteiger partial charge in [0.1, 0.15) is 12.1 Å². The molecule has 0 aliphatic heterocycles. The standard InChI is InChI=1S/C21H21BrN6O2/c1-13-5-4-6-16(9-13)10-27-12-23-21(26-27)24-20(29)18-8-7-17(30-18)11-28-15(3)19(22)14(2)25-28/h4-9,12H,10-11H2,1-3H3,(H,24,26,29). The van der Waals surface area contributed by atoms with Crippen LogP contribution in [0, 0.1) is 20.8 Å². The van der Waals surface area contributed by atoms with Crippen molar-refractivity contribution in [3.05, 3.63) is 81.2 Å². The molecule has 8 nitrogen and oxygen atoms in total. The van der Waals surface area contributed by atoms with Crippen LogP contribution in [0.25, 0.3) is 0 Å². The van der Waals surface area contributed by atoms with Gasteiger partial charge < -0.3 is 4.42 Å². The Morgan fingerprint density at radius 2 is 1.97 bits per heavy atom. The van der Waals surface area contributed by atoms with Gasteiger partial charge in [0.25, 0.3) is 5.91 Å². The summed E-state index contributed by atoms with van der Waals surface area (Å²) < 4.78 is 10.2. The van der Waals surface area contributed by atoms with E-state index >= 15 is 0 Å². The van der Waals surface area contributed by atoms with E-state index in [1.165, 1.54) is 5.56 Å². The summed E-state index contributed by atoms with van der Waals surface area (Å²) in [6.07, 6.45) is 1.59. The summed E-state index contributed by atoms with van der Waals surface area (Å²) in [7, 11) is 0. The summed E-state index contributed by atoms with van der Waals surface area (Å²) in [5.74, 6) is 0.661. The Balaban J connectivity index is 1.40. The van der Waals surface area contributed by atoms with E-state index in [1.54, 1.807) is 23.1 Å². The van der Waals surface area contributed by atoms with Gasteiger partial charge in [-0.2, -0.15) is 5.10 Å². The van der Waals surface area contributed by atoms with Gasteiger partial charge in [0.15, 0.2) is 5.76 Å². The molecule has 0 atom stereocenters. The van der Waals surface area contributed by atoms with E-state index < -0.39 is 5.91 Å². The van der Waals surface area contributed by atoms with E-state index in [0.29, 0.717) is 18.8 Å². The first-order valence-corrected chi connectivity index (χ1v) is 10.2. The molecule has 3 aromatic heterocycles. The number of aromatic nitrogens is 5. The molecular weight excluding hydrogens is 448 g/mol. The average molecular weight is 469 g/mol. The maximum atomic E-state index is 12.5. The maximum absolute atomic E-state index is 12.5. The third-order valence-corrected chi connectivity index (χ3v) is 5.82. The number of rotatable bonds is 6. The van der Waals surface area contributed by atoms with Gasteiger partial charge in [-0.3, -0.25) is 14.8 Å².